The van der Waals surface area contributed by atoms with Gasteiger partial charge in [-0.05, 0) is 16.3 Å². The van der Waals surface area contributed by atoms with E-state index >= 15 is 0 Å². The van der Waals surface area contributed by atoms with Gasteiger partial charge in [-0.1, -0.05) is 42.5 Å². The van der Waals surface area contributed by atoms with Crippen LogP contribution in [-0.4, -0.2) is 10.4 Å². The number of hydrogen-bond donors (Lipinski definition) is 1. The first kappa shape index (κ1) is 11.2. The molecule has 0 bridgehead atoms. The van der Waals surface area contributed by atoms with E-state index in [0.29, 0.717) is 16.8 Å². The lowest BCUT2D eigenvalue weighted by molar-refractivity contribution is -0.675. The fourth-order valence-electron chi connectivity index (χ4n) is 2.78. The standard InChI is InChI=1S/C15H10N2O3/c18-14-13-15(19,10-6-2-1-3-7-10)11-8-4-5-9-12(11)17(13)16-20-14/h1-9,19H. The maximum absolute atomic E-state index is 12.0. The van der Waals surface area contributed by atoms with Gasteiger partial charge in [0.1, 0.15) is 0 Å². The molecule has 5 heteroatoms. The summed E-state index contributed by atoms with van der Waals surface area (Å²) in [6, 6.07) is 16.3. The van der Waals surface area contributed by atoms with E-state index in [4.69, 9.17) is 4.52 Å². The van der Waals surface area contributed by atoms with Crippen LogP contribution in [-0.2, 0) is 5.60 Å². The molecule has 0 saturated carbocycles. The molecule has 0 amide bonds. The van der Waals surface area contributed by atoms with Crippen molar-refractivity contribution in [3.63, 3.8) is 0 Å². The summed E-state index contributed by atoms with van der Waals surface area (Å²) < 4.78 is 6.07. The van der Waals surface area contributed by atoms with Gasteiger partial charge in [-0.3, -0.25) is 0 Å². The Morgan fingerprint density at radius 1 is 1.05 bits per heavy atom. The van der Waals surface area contributed by atoms with Crippen LogP contribution in [0.25, 0.3) is 5.69 Å². The summed E-state index contributed by atoms with van der Waals surface area (Å²) in [5, 5.41) is 26.9. The Kier molecular flexibility index (Phi) is 2.06. The molecule has 1 N–H and O–H groups in total. The van der Waals surface area contributed by atoms with Crippen molar-refractivity contribution in [2.75, 3.05) is 0 Å². The van der Waals surface area contributed by atoms with Gasteiger partial charge >= 0.3 is 0 Å². The number of hydrogen-bond acceptors (Lipinski definition) is 4. The van der Waals surface area contributed by atoms with E-state index in [0.717, 1.165) is 0 Å². The average molecular weight is 266 g/mol. The Hall–Kier alpha value is -2.66. The first-order valence-electron chi connectivity index (χ1n) is 6.20. The van der Waals surface area contributed by atoms with Crippen LogP contribution in [0.3, 0.4) is 0 Å². The molecule has 1 aliphatic rings. The van der Waals surface area contributed by atoms with Crippen molar-refractivity contribution in [3.8, 4) is 11.6 Å². The third-order valence-electron chi connectivity index (χ3n) is 3.67. The summed E-state index contributed by atoms with van der Waals surface area (Å²) in [7, 11) is 0. The Balaban J connectivity index is 2.11. The van der Waals surface area contributed by atoms with Crippen LogP contribution >= 0.6 is 0 Å². The highest BCUT2D eigenvalue weighted by Gasteiger charge is 2.54. The van der Waals surface area contributed by atoms with Gasteiger partial charge in [0.2, 0.25) is 11.3 Å². The van der Waals surface area contributed by atoms with Crippen molar-refractivity contribution in [2.24, 2.45) is 0 Å². The van der Waals surface area contributed by atoms with Gasteiger partial charge in [-0.2, -0.15) is 0 Å². The van der Waals surface area contributed by atoms with Crippen LogP contribution in [0.4, 0.5) is 0 Å². The molecule has 0 aliphatic carbocycles. The molecule has 0 saturated heterocycles. The van der Waals surface area contributed by atoms with E-state index in [1.807, 2.05) is 30.3 Å². The number of rotatable bonds is 1. The first-order valence-corrected chi connectivity index (χ1v) is 6.20. The minimum Gasteiger partial charge on any atom is -0.539 e. The van der Waals surface area contributed by atoms with Gasteiger partial charge in [0.25, 0.3) is 5.69 Å². The van der Waals surface area contributed by atoms with Crippen LogP contribution in [0, 0.1) is 0 Å². The monoisotopic (exact) mass is 266 g/mol. The number of nitrogens with zero attached hydrogens (tertiary/aromatic N) is 2. The quantitative estimate of drug-likeness (QED) is 0.655. The Bertz CT molecular complexity index is 798. The zero-order chi connectivity index (χ0) is 13.7. The molecule has 5 nitrogen and oxygen atoms in total. The molecule has 20 heavy (non-hydrogen) atoms. The van der Waals surface area contributed by atoms with E-state index in [1.54, 1.807) is 24.3 Å². The average Bonchev–Trinajstić information content (AvgIpc) is 3.00. The lowest BCUT2D eigenvalue weighted by atomic mass is 9.85. The molecule has 1 aromatic heterocycles. The smallest absolute Gasteiger partial charge is 0.281 e. The minimum atomic E-state index is -1.53. The third kappa shape index (κ3) is 1.20. The summed E-state index contributed by atoms with van der Waals surface area (Å²) in [6.07, 6.45) is 0. The van der Waals surface area contributed by atoms with Gasteiger partial charge in [0, 0.05) is 6.07 Å². The summed E-state index contributed by atoms with van der Waals surface area (Å²) in [6.45, 7) is 0. The summed E-state index contributed by atoms with van der Waals surface area (Å²) in [4.78, 5) is 0. The topological polar surface area (TPSA) is 73.2 Å². The van der Waals surface area contributed by atoms with Gasteiger partial charge < -0.3 is 14.7 Å². The predicted molar refractivity (Wildman–Crippen MR) is 66.0 cm³/mol. The SMILES string of the molecule is [O-]c1on[n+]2c1C(O)(c1ccccc1)c1ccccc1-2. The molecule has 0 spiro atoms. The molecule has 0 fully saturated rings. The van der Waals surface area contributed by atoms with Crippen LogP contribution in [0.5, 0.6) is 5.95 Å². The van der Waals surface area contributed by atoms with Crippen LogP contribution in [0.2, 0.25) is 0 Å². The molecular formula is C15H10N2O3. The van der Waals surface area contributed by atoms with Gasteiger partial charge in [0.05, 0.1) is 10.8 Å². The number of para-hydroxylation sites is 1. The first-order chi connectivity index (χ1) is 9.73. The number of aliphatic hydroxyl groups is 1. The molecular weight excluding hydrogens is 256 g/mol. The zero-order valence-corrected chi connectivity index (χ0v) is 10.4. The Morgan fingerprint density at radius 3 is 2.55 bits per heavy atom. The molecule has 0 radical (unpaired) electrons. The second-order valence-corrected chi connectivity index (χ2v) is 4.71. The Morgan fingerprint density at radius 2 is 1.75 bits per heavy atom. The van der Waals surface area contributed by atoms with Crippen LogP contribution in [0.1, 0.15) is 16.8 Å². The van der Waals surface area contributed by atoms with Crippen molar-refractivity contribution in [3.05, 3.63) is 71.4 Å². The lowest BCUT2D eigenvalue weighted by Crippen LogP contribution is -2.37. The molecule has 2 aromatic carbocycles. The van der Waals surface area contributed by atoms with Crippen molar-refractivity contribution in [1.82, 2.24) is 5.27 Å². The maximum atomic E-state index is 12.0. The fraction of sp³-hybridized carbons (Fsp3) is 0.0667. The van der Waals surface area contributed by atoms with E-state index in [1.165, 1.54) is 4.68 Å². The van der Waals surface area contributed by atoms with E-state index in [2.05, 4.69) is 5.27 Å². The van der Waals surface area contributed by atoms with Crippen molar-refractivity contribution < 1.29 is 19.4 Å². The molecule has 2 heterocycles. The maximum Gasteiger partial charge on any atom is 0.281 e. The molecule has 1 aliphatic heterocycles. The zero-order valence-electron chi connectivity index (χ0n) is 10.4. The molecule has 3 aromatic rings. The lowest BCUT2D eigenvalue weighted by Gasteiger charge is -2.20. The highest BCUT2D eigenvalue weighted by molar-refractivity contribution is 5.54. The van der Waals surface area contributed by atoms with Crippen molar-refractivity contribution >= 4 is 0 Å². The minimum absolute atomic E-state index is 0.116. The highest BCUT2D eigenvalue weighted by Crippen LogP contribution is 2.43. The molecule has 4 rings (SSSR count). The number of aromatic nitrogens is 2. The molecule has 98 valence electrons. The molecule has 1 unspecified atom stereocenters. The third-order valence-corrected chi connectivity index (χ3v) is 3.67. The van der Waals surface area contributed by atoms with Crippen molar-refractivity contribution in [2.45, 2.75) is 5.60 Å². The van der Waals surface area contributed by atoms with Gasteiger partial charge in [-0.25, -0.2) is 0 Å². The Labute approximate surface area is 114 Å². The normalized spacial score (nSPS) is 19.6. The van der Waals surface area contributed by atoms with Crippen molar-refractivity contribution in [1.29, 1.82) is 0 Å². The second-order valence-electron chi connectivity index (χ2n) is 4.71. The van der Waals surface area contributed by atoms with Crippen LogP contribution in [0.15, 0.2) is 59.1 Å². The number of benzene rings is 2. The van der Waals surface area contributed by atoms with Crippen LogP contribution < -0.4 is 9.79 Å². The predicted octanol–water partition coefficient (Wildman–Crippen LogP) is 0.622. The van der Waals surface area contributed by atoms with E-state index < -0.39 is 11.5 Å². The van der Waals surface area contributed by atoms with E-state index in [-0.39, 0.29) is 5.69 Å². The second kappa shape index (κ2) is 3.68. The fourth-order valence-corrected chi connectivity index (χ4v) is 2.78. The summed E-state index contributed by atoms with van der Waals surface area (Å²) in [5.74, 6) is -0.632. The van der Waals surface area contributed by atoms with E-state index in [9.17, 15) is 10.2 Å². The largest absolute Gasteiger partial charge is 0.539 e. The summed E-state index contributed by atoms with van der Waals surface area (Å²) >= 11 is 0. The summed E-state index contributed by atoms with van der Waals surface area (Å²) in [5.41, 5.74) is 0.472. The van der Waals surface area contributed by atoms with Gasteiger partial charge in [0.15, 0.2) is 5.95 Å². The number of fused-ring (bicyclic) bond motifs is 3. The highest BCUT2D eigenvalue weighted by atomic mass is 16.6. The van der Waals surface area contributed by atoms with Gasteiger partial charge in [-0.15, -0.1) is 0 Å². The molecule has 1 atom stereocenters.